The molecule has 136 valence electrons. The fraction of sp³-hybridized carbons (Fsp3) is 0.421. The van der Waals surface area contributed by atoms with Crippen LogP contribution in [0.4, 0.5) is 10.1 Å². The molecule has 0 aromatic heterocycles. The van der Waals surface area contributed by atoms with Gasteiger partial charge >= 0.3 is 0 Å². The number of hydrogen-bond donors (Lipinski definition) is 1. The summed E-state index contributed by atoms with van der Waals surface area (Å²) in [6, 6.07) is 6.04. The number of halogens is 1. The number of benzene rings is 1. The summed E-state index contributed by atoms with van der Waals surface area (Å²) in [7, 11) is 1.63. The molecule has 1 saturated carbocycles. The third kappa shape index (κ3) is 3.40. The summed E-state index contributed by atoms with van der Waals surface area (Å²) in [6.07, 6.45) is 6.83. The van der Waals surface area contributed by atoms with Crippen molar-refractivity contribution in [1.82, 2.24) is 5.32 Å². The summed E-state index contributed by atoms with van der Waals surface area (Å²) in [6.45, 7) is 0. The molecule has 0 radical (unpaired) electrons. The molecule has 2 amide bonds. The van der Waals surface area contributed by atoms with E-state index in [0.717, 1.165) is 6.42 Å². The van der Waals surface area contributed by atoms with Gasteiger partial charge in [-0.25, -0.2) is 4.39 Å². The average molecular weight is 373 g/mol. The fourth-order valence-corrected chi connectivity index (χ4v) is 4.80. The van der Waals surface area contributed by atoms with Crippen molar-refractivity contribution < 1.29 is 14.0 Å². The Morgan fingerprint density at radius 3 is 2.73 bits per heavy atom. The van der Waals surface area contributed by atoms with E-state index < -0.39 is 5.25 Å². The van der Waals surface area contributed by atoms with Gasteiger partial charge in [-0.2, -0.15) is 4.99 Å². The fourth-order valence-electron chi connectivity index (χ4n) is 3.79. The lowest BCUT2D eigenvalue weighted by molar-refractivity contribution is -0.122. The van der Waals surface area contributed by atoms with Gasteiger partial charge in [0.05, 0.1) is 0 Å². The molecule has 1 aromatic rings. The van der Waals surface area contributed by atoms with E-state index in [1.165, 1.54) is 35.2 Å². The third-order valence-corrected chi connectivity index (χ3v) is 6.36. The maximum atomic E-state index is 13.0. The first-order valence-corrected chi connectivity index (χ1v) is 9.64. The van der Waals surface area contributed by atoms with Crippen molar-refractivity contribution in [3.63, 3.8) is 0 Å². The Bertz CT molecular complexity index is 792. The monoisotopic (exact) mass is 373 g/mol. The van der Waals surface area contributed by atoms with Gasteiger partial charge in [0.2, 0.25) is 5.91 Å². The molecule has 0 saturated heterocycles. The molecule has 2 aliphatic carbocycles. The van der Waals surface area contributed by atoms with Crippen molar-refractivity contribution in [2.24, 2.45) is 16.8 Å². The van der Waals surface area contributed by atoms with Crippen LogP contribution in [-0.4, -0.2) is 35.3 Å². The lowest BCUT2D eigenvalue weighted by atomic mass is 10.0. The van der Waals surface area contributed by atoms with Crippen LogP contribution in [0.1, 0.15) is 19.3 Å². The van der Waals surface area contributed by atoms with Gasteiger partial charge in [0.1, 0.15) is 11.1 Å². The van der Waals surface area contributed by atoms with Gasteiger partial charge in [-0.05, 0) is 48.9 Å². The normalized spacial score (nSPS) is 29.2. The zero-order chi connectivity index (χ0) is 18.3. The van der Waals surface area contributed by atoms with Crippen LogP contribution < -0.4 is 10.2 Å². The second-order valence-electron chi connectivity index (χ2n) is 7.03. The van der Waals surface area contributed by atoms with Gasteiger partial charge < -0.3 is 10.2 Å². The first-order valence-electron chi connectivity index (χ1n) is 8.76. The number of nitrogens with zero attached hydrogens (tertiary/aromatic N) is 2. The molecule has 0 spiro atoms. The number of aliphatic imine (C=N–C) groups is 1. The highest BCUT2D eigenvalue weighted by Crippen LogP contribution is 2.39. The van der Waals surface area contributed by atoms with E-state index in [1.807, 2.05) is 0 Å². The van der Waals surface area contributed by atoms with Crippen molar-refractivity contribution in [2.45, 2.75) is 30.6 Å². The molecule has 2 bridgehead atoms. The van der Waals surface area contributed by atoms with Crippen molar-refractivity contribution in [3.8, 4) is 0 Å². The van der Waals surface area contributed by atoms with Crippen LogP contribution >= 0.6 is 11.8 Å². The number of thioether (sulfide) groups is 1. The lowest BCUT2D eigenvalue weighted by Crippen LogP contribution is -2.35. The van der Waals surface area contributed by atoms with E-state index in [1.54, 1.807) is 19.2 Å². The number of nitrogens with one attached hydrogen (secondary N) is 1. The zero-order valence-corrected chi connectivity index (χ0v) is 15.2. The number of carbonyl (C=O) groups is 2. The summed E-state index contributed by atoms with van der Waals surface area (Å²) < 4.78 is 13.0. The molecule has 3 aliphatic rings. The number of amidine groups is 1. The second kappa shape index (κ2) is 6.87. The minimum Gasteiger partial charge on any atom is -0.361 e. The van der Waals surface area contributed by atoms with Crippen LogP contribution in [0.3, 0.4) is 0 Å². The standard InChI is InChI=1S/C19H20FN3O2S/c1-23(14-6-4-13(20)5-7-14)17(24)10-16-18(25)22-19(26-16)21-15-9-11-2-3-12(15)8-11/h2-7,11-12,15-16H,8-10H2,1H3,(H,21,22,25). The van der Waals surface area contributed by atoms with E-state index in [-0.39, 0.29) is 24.1 Å². The number of amides is 2. The summed E-state index contributed by atoms with van der Waals surface area (Å²) in [5, 5.41) is 3.51. The van der Waals surface area contributed by atoms with Gasteiger partial charge in [-0.15, -0.1) is 0 Å². The second-order valence-corrected chi connectivity index (χ2v) is 8.22. The van der Waals surface area contributed by atoms with Crippen LogP contribution in [0.25, 0.3) is 0 Å². The zero-order valence-electron chi connectivity index (χ0n) is 14.4. The summed E-state index contributed by atoms with van der Waals surface area (Å²) in [5.74, 6) is 0.347. The third-order valence-electron chi connectivity index (χ3n) is 5.28. The van der Waals surface area contributed by atoms with E-state index in [0.29, 0.717) is 28.7 Å². The number of anilines is 1. The number of carbonyl (C=O) groups excluding carboxylic acids is 2. The molecule has 4 atom stereocenters. The molecule has 1 N–H and O–H groups in total. The Morgan fingerprint density at radius 1 is 1.31 bits per heavy atom. The predicted molar refractivity (Wildman–Crippen MR) is 101 cm³/mol. The van der Waals surface area contributed by atoms with Gasteiger partial charge in [0.25, 0.3) is 5.91 Å². The van der Waals surface area contributed by atoms with Crippen LogP contribution in [0.2, 0.25) is 0 Å². The van der Waals surface area contributed by atoms with Crippen LogP contribution in [0.5, 0.6) is 0 Å². The molecule has 1 aromatic carbocycles. The molecule has 1 heterocycles. The van der Waals surface area contributed by atoms with Crippen molar-refractivity contribution in [2.75, 3.05) is 11.9 Å². The van der Waals surface area contributed by atoms with Gasteiger partial charge in [0.15, 0.2) is 5.17 Å². The van der Waals surface area contributed by atoms with Gasteiger partial charge in [-0.3, -0.25) is 9.59 Å². The number of allylic oxidation sites excluding steroid dienone is 1. The van der Waals surface area contributed by atoms with Crippen LogP contribution in [-0.2, 0) is 9.59 Å². The minimum absolute atomic E-state index is 0.0721. The molecular weight excluding hydrogens is 353 g/mol. The van der Waals surface area contributed by atoms with Crippen molar-refractivity contribution in [1.29, 1.82) is 0 Å². The molecule has 4 unspecified atom stereocenters. The van der Waals surface area contributed by atoms with E-state index in [4.69, 9.17) is 0 Å². The van der Waals surface area contributed by atoms with Gasteiger partial charge in [-0.1, -0.05) is 23.9 Å². The summed E-state index contributed by atoms with van der Waals surface area (Å²) in [5.41, 5.74) is 0.597. The SMILES string of the molecule is CN(C(=O)CC1SC(NC2CC3C=CC2C3)=NC1=O)c1ccc(F)cc1. The number of fused-ring (bicyclic) bond motifs is 2. The van der Waals surface area contributed by atoms with E-state index >= 15 is 0 Å². The molecule has 1 fully saturated rings. The van der Waals surface area contributed by atoms with Crippen LogP contribution in [0, 0.1) is 17.7 Å². The average Bonchev–Trinajstić information content (AvgIpc) is 3.32. The van der Waals surface area contributed by atoms with Crippen molar-refractivity contribution in [3.05, 3.63) is 42.2 Å². The first-order chi connectivity index (χ1) is 12.5. The predicted octanol–water partition coefficient (Wildman–Crippen LogP) is 2.73. The lowest BCUT2D eigenvalue weighted by Gasteiger charge is -2.21. The Balaban J connectivity index is 1.33. The first kappa shape index (κ1) is 17.3. The number of hydrogen-bond acceptors (Lipinski definition) is 4. The maximum absolute atomic E-state index is 13.0. The Kier molecular flexibility index (Phi) is 4.56. The maximum Gasteiger partial charge on any atom is 0.262 e. The largest absolute Gasteiger partial charge is 0.361 e. The van der Waals surface area contributed by atoms with Crippen LogP contribution in [0.15, 0.2) is 41.4 Å². The summed E-state index contributed by atoms with van der Waals surface area (Å²) in [4.78, 5) is 30.2. The highest BCUT2D eigenvalue weighted by atomic mass is 32.2. The Labute approximate surface area is 155 Å². The molecular formula is C19H20FN3O2S. The van der Waals surface area contributed by atoms with E-state index in [9.17, 15) is 14.0 Å². The Morgan fingerprint density at radius 2 is 2.08 bits per heavy atom. The van der Waals surface area contributed by atoms with Gasteiger partial charge in [0, 0.05) is 25.2 Å². The molecule has 5 nitrogen and oxygen atoms in total. The molecule has 7 heteroatoms. The highest BCUT2D eigenvalue weighted by Gasteiger charge is 2.38. The quantitative estimate of drug-likeness (QED) is 0.825. The van der Waals surface area contributed by atoms with Crippen molar-refractivity contribution >= 4 is 34.4 Å². The molecule has 1 aliphatic heterocycles. The molecule has 4 rings (SSSR count). The minimum atomic E-state index is -0.498. The summed E-state index contributed by atoms with van der Waals surface area (Å²) >= 11 is 1.33. The molecule has 26 heavy (non-hydrogen) atoms. The van der Waals surface area contributed by atoms with E-state index in [2.05, 4.69) is 22.5 Å². The highest BCUT2D eigenvalue weighted by molar-refractivity contribution is 8.15. The number of rotatable bonds is 4. The topological polar surface area (TPSA) is 61.8 Å². The smallest absolute Gasteiger partial charge is 0.262 e. The Hall–Kier alpha value is -2.15.